The Labute approximate surface area is 237 Å². The number of hydrogen-bond acceptors (Lipinski definition) is 3. The molecule has 40 heavy (non-hydrogen) atoms. The van der Waals surface area contributed by atoms with Gasteiger partial charge in [-0.15, -0.1) is 0 Å². The number of carbonyl (C=O) groups excluding carboxylic acids is 2. The van der Waals surface area contributed by atoms with E-state index in [1.807, 2.05) is 0 Å². The van der Waals surface area contributed by atoms with Gasteiger partial charge >= 0.3 is 12.1 Å². The second kappa shape index (κ2) is 11.1. The molecule has 0 bridgehead atoms. The highest BCUT2D eigenvalue weighted by Crippen LogP contribution is 2.38. The number of nitrogens with one attached hydrogen (secondary N) is 2. The fourth-order valence-corrected chi connectivity index (χ4v) is 5.23. The zero-order valence-corrected chi connectivity index (χ0v) is 22.3. The van der Waals surface area contributed by atoms with Crippen LogP contribution in [0.2, 0.25) is 10.0 Å². The average molecular weight is 596 g/mol. The van der Waals surface area contributed by atoms with E-state index >= 15 is 0 Å². The smallest absolute Gasteiger partial charge is 0.307 e. The molecule has 1 unspecified atom stereocenters. The van der Waals surface area contributed by atoms with Gasteiger partial charge in [-0.3, -0.25) is 14.7 Å². The summed E-state index contributed by atoms with van der Waals surface area (Å²) < 4.78 is 55.3. The molecule has 0 aromatic heterocycles. The molecule has 13 heteroatoms. The van der Waals surface area contributed by atoms with Crippen LogP contribution in [0.25, 0.3) is 0 Å². The lowest BCUT2D eigenvalue weighted by molar-refractivity contribution is 0.0118. The summed E-state index contributed by atoms with van der Waals surface area (Å²) in [6.07, 6.45) is -0.313. The maximum atomic E-state index is 14.0. The number of fused-ring (bicyclic) bond motifs is 1. The molecule has 1 fully saturated rings. The Morgan fingerprint density at radius 2 is 1.45 bits per heavy atom. The largest absolute Gasteiger partial charge is 0.326 e. The van der Waals surface area contributed by atoms with Crippen molar-refractivity contribution < 1.29 is 27.2 Å². The number of nitrogens with zero attached hydrogens (tertiary/aromatic N) is 3. The molecule has 3 aromatic rings. The number of likely N-dealkylation sites (tertiary alicyclic amines) is 1. The van der Waals surface area contributed by atoms with E-state index in [4.69, 9.17) is 23.2 Å². The van der Waals surface area contributed by atoms with Crippen LogP contribution in [-0.2, 0) is 0 Å². The minimum Gasteiger partial charge on any atom is -0.307 e. The highest BCUT2D eigenvalue weighted by molar-refractivity contribution is 6.31. The van der Waals surface area contributed by atoms with Crippen molar-refractivity contribution in [1.82, 2.24) is 4.90 Å². The van der Waals surface area contributed by atoms with Crippen LogP contribution in [0.15, 0.2) is 60.7 Å². The predicted octanol–water partition coefficient (Wildman–Crippen LogP) is 7.07. The molecule has 2 N–H and O–H groups in total. The number of hydrogen-bond donors (Lipinski definition) is 2. The van der Waals surface area contributed by atoms with Gasteiger partial charge < -0.3 is 10.6 Å². The Kier molecular flexibility index (Phi) is 7.80. The van der Waals surface area contributed by atoms with Crippen LogP contribution >= 0.6 is 23.2 Å². The molecule has 0 aliphatic carbocycles. The van der Waals surface area contributed by atoms with Gasteiger partial charge in [0.2, 0.25) is 0 Å². The molecule has 0 saturated carbocycles. The van der Waals surface area contributed by atoms with Crippen molar-refractivity contribution >= 4 is 58.0 Å². The number of halogens is 6. The van der Waals surface area contributed by atoms with Crippen LogP contribution in [0.1, 0.15) is 6.42 Å². The lowest BCUT2D eigenvalue weighted by Crippen LogP contribution is -2.58. The van der Waals surface area contributed by atoms with E-state index < -0.39 is 42.2 Å². The molecule has 0 radical (unpaired) electrons. The minimum absolute atomic E-state index is 0.0442. The molecule has 2 heterocycles. The first kappa shape index (κ1) is 28.0. The van der Waals surface area contributed by atoms with Crippen molar-refractivity contribution in [2.24, 2.45) is 0 Å². The number of carbonyl (C=O) groups is 2. The van der Waals surface area contributed by atoms with Gasteiger partial charge in [0.05, 0.1) is 34.0 Å². The van der Waals surface area contributed by atoms with Gasteiger partial charge in [0.25, 0.3) is 5.92 Å². The second-order valence-corrected chi connectivity index (χ2v) is 10.4. The van der Waals surface area contributed by atoms with Crippen molar-refractivity contribution in [3.8, 4) is 0 Å². The monoisotopic (exact) mass is 595 g/mol. The average Bonchev–Trinajstić information content (AvgIpc) is 3.25. The van der Waals surface area contributed by atoms with Crippen molar-refractivity contribution in [3.05, 3.63) is 82.3 Å². The Morgan fingerprint density at radius 1 is 0.875 bits per heavy atom. The second-order valence-electron chi connectivity index (χ2n) is 9.58. The summed E-state index contributed by atoms with van der Waals surface area (Å²) in [5.41, 5.74) is 1.21. The topological polar surface area (TPSA) is 67.9 Å². The molecular weight excluding hydrogens is 573 g/mol. The maximum absolute atomic E-state index is 14.0. The van der Waals surface area contributed by atoms with Crippen LogP contribution in [0, 0.1) is 11.6 Å². The maximum Gasteiger partial charge on any atom is 0.326 e. The van der Waals surface area contributed by atoms with Gasteiger partial charge in [0.15, 0.2) is 0 Å². The normalized spacial score (nSPS) is 18.4. The molecule has 210 valence electrons. The molecule has 2 aliphatic rings. The van der Waals surface area contributed by atoms with E-state index in [2.05, 4.69) is 10.6 Å². The molecule has 7 nitrogen and oxygen atoms in total. The van der Waals surface area contributed by atoms with Crippen molar-refractivity contribution in [2.45, 2.75) is 18.4 Å². The number of para-hydroxylation sites is 2. The van der Waals surface area contributed by atoms with Crippen molar-refractivity contribution in [3.63, 3.8) is 0 Å². The van der Waals surface area contributed by atoms with E-state index in [1.165, 1.54) is 34.1 Å². The van der Waals surface area contributed by atoms with Gasteiger partial charge in [-0.2, -0.15) is 0 Å². The van der Waals surface area contributed by atoms with E-state index in [0.29, 0.717) is 11.4 Å². The van der Waals surface area contributed by atoms with Gasteiger partial charge in [0.1, 0.15) is 11.6 Å². The number of alkyl halides is 2. The van der Waals surface area contributed by atoms with Crippen LogP contribution in [0.3, 0.4) is 0 Å². The summed E-state index contributed by atoms with van der Waals surface area (Å²) in [4.78, 5) is 31.4. The molecule has 4 amide bonds. The van der Waals surface area contributed by atoms with E-state index in [-0.39, 0.29) is 47.5 Å². The van der Waals surface area contributed by atoms with Gasteiger partial charge in [-0.25, -0.2) is 27.2 Å². The van der Waals surface area contributed by atoms with Gasteiger partial charge in [-0.05, 0) is 48.5 Å². The Balaban J connectivity index is 1.47. The summed E-state index contributed by atoms with van der Waals surface area (Å²) >= 11 is 11.7. The van der Waals surface area contributed by atoms with Crippen LogP contribution in [0.4, 0.5) is 49.9 Å². The highest BCUT2D eigenvalue weighted by Gasteiger charge is 2.43. The van der Waals surface area contributed by atoms with E-state index in [0.717, 1.165) is 12.1 Å². The Hall–Kier alpha value is -3.54. The van der Waals surface area contributed by atoms with Gasteiger partial charge in [0, 0.05) is 37.4 Å². The first-order valence-corrected chi connectivity index (χ1v) is 13.0. The lowest BCUT2D eigenvalue weighted by atomic mass is 10.1. The number of anilines is 4. The fraction of sp³-hybridized carbons (Fsp3) is 0.259. The number of amides is 4. The summed E-state index contributed by atoms with van der Waals surface area (Å²) in [6.45, 7) is -0.353. The van der Waals surface area contributed by atoms with E-state index in [1.54, 1.807) is 29.2 Å². The van der Waals surface area contributed by atoms with Crippen molar-refractivity contribution in [2.75, 3.05) is 46.6 Å². The number of urea groups is 2. The summed E-state index contributed by atoms with van der Waals surface area (Å²) in [6, 6.07) is 12.1. The van der Waals surface area contributed by atoms with Crippen LogP contribution in [-0.4, -0.2) is 55.1 Å². The molecule has 2 aliphatic heterocycles. The quantitative estimate of drug-likeness (QED) is 0.317. The zero-order chi connectivity index (χ0) is 28.6. The third-order valence-corrected chi connectivity index (χ3v) is 7.29. The van der Waals surface area contributed by atoms with Crippen LogP contribution in [0.5, 0.6) is 0 Å². The lowest BCUT2D eigenvalue weighted by Gasteiger charge is -2.43. The summed E-state index contributed by atoms with van der Waals surface area (Å²) in [5.74, 6) is -4.15. The fourth-order valence-electron chi connectivity index (χ4n) is 4.87. The molecule has 5 rings (SSSR count). The molecular formula is C27H23Cl2F4N5O2. The predicted molar refractivity (Wildman–Crippen MR) is 147 cm³/mol. The third kappa shape index (κ3) is 5.96. The number of benzene rings is 3. The summed E-state index contributed by atoms with van der Waals surface area (Å²) in [7, 11) is 0. The SMILES string of the molecule is O=C(Nc1ccc(F)c(Cl)c1)N1CC(CN2CCC(F)(F)C2)N(C(=O)Nc2ccc(F)c(Cl)c2)c2ccccc21. The Bertz CT molecular complexity index is 1460. The number of rotatable bonds is 4. The standard InChI is InChI=1S/C27H23Cl2F4N5O2/c28-19-11-16(5-7-21(19)30)34-25(39)37-14-18(13-36-10-9-27(32,33)15-36)38(24-4-2-1-3-23(24)37)26(40)35-17-6-8-22(31)20(29)12-17/h1-8,11-12,18H,9-10,13-15H2,(H,34,39)(H,35,40). The first-order chi connectivity index (χ1) is 19.0. The van der Waals surface area contributed by atoms with Gasteiger partial charge in [-0.1, -0.05) is 35.3 Å². The molecule has 3 aromatic carbocycles. The van der Waals surface area contributed by atoms with E-state index in [9.17, 15) is 27.2 Å². The minimum atomic E-state index is -2.86. The molecule has 1 saturated heterocycles. The highest BCUT2D eigenvalue weighted by atomic mass is 35.5. The first-order valence-electron chi connectivity index (χ1n) is 12.3. The Morgan fingerprint density at radius 3 is 2.00 bits per heavy atom. The van der Waals surface area contributed by atoms with Crippen LogP contribution < -0.4 is 20.4 Å². The summed E-state index contributed by atoms with van der Waals surface area (Å²) in [5, 5.41) is 5.01. The zero-order valence-electron chi connectivity index (χ0n) is 20.8. The molecule has 1 atom stereocenters. The molecule has 0 spiro atoms. The van der Waals surface area contributed by atoms with Crippen molar-refractivity contribution in [1.29, 1.82) is 0 Å². The third-order valence-electron chi connectivity index (χ3n) is 6.71.